The maximum atomic E-state index is 5.59. The lowest BCUT2D eigenvalue weighted by molar-refractivity contribution is 0.718. The predicted molar refractivity (Wildman–Crippen MR) is 54.3 cm³/mol. The zero-order valence-corrected chi connectivity index (χ0v) is 8.01. The molecule has 2 N–H and O–H groups in total. The fraction of sp³-hybridized carbons (Fsp3) is 0.200. The van der Waals surface area contributed by atoms with E-state index in [2.05, 4.69) is 10.3 Å². The second-order valence-electron chi connectivity index (χ2n) is 3.08. The third kappa shape index (κ3) is 1.40. The Morgan fingerprint density at radius 2 is 2.00 bits per heavy atom. The van der Waals surface area contributed by atoms with Crippen molar-refractivity contribution in [3.05, 3.63) is 36.0 Å². The van der Waals surface area contributed by atoms with E-state index in [0.29, 0.717) is 6.54 Å². The summed E-state index contributed by atoms with van der Waals surface area (Å²) in [6.07, 6.45) is 0. The second kappa shape index (κ2) is 3.59. The van der Waals surface area contributed by atoms with Gasteiger partial charge in [0.05, 0.1) is 5.69 Å². The smallest absolute Gasteiger partial charge is 0.104 e. The molecule has 2 rings (SSSR count). The van der Waals surface area contributed by atoms with Crippen LogP contribution < -0.4 is 5.73 Å². The monoisotopic (exact) mass is 188 g/mol. The Labute approximate surface area is 82.4 Å². The molecule has 0 fully saturated rings. The summed E-state index contributed by atoms with van der Waals surface area (Å²) in [6, 6.07) is 10.0. The number of hydrogen-bond donors (Lipinski definition) is 1. The van der Waals surface area contributed by atoms with Crippen molar-refractivity contribution >= 4 is 0 Å². The number of nitrogens with two attached hydrogens (primary N) is 1. The van der Waals surface area contributed by atoms with E-state index in [4.69, 9.17) is 5.73 Å². The lowest BCUT2D eigenvalue weighted by Crippen LogP contribution is -2.00. The Hall–Kier alpha value is -1.68. The largest absolute Gasteiger partial charge is 0.325 e. The fourth-order valence-corrected chi connectivity index (χ4v) is 1.49. The molecule has 1 aromatic heterocycles. The average molecular weight is 188 g/mol. The fourth-order valence-electron chi connectivity index (χ4n) is 1.49. The van der Waals surface area contributed by atoms with Crippen LogP contribution in [0.1, 0.15) is 5.69 Å². The van der Waals surface area contributed by atoms with E-state index < -0.39 is 0 Å². The van der Waals surface area contributed by atoms with Crippen LogP contribution in [0.2, 0.25) is 0 Å². The minimum atomic E-state index is 0.415. The summed E-state index contributed by atoms with van der Waals surface area (Å²) in [7, 11) is 1.87. The molecule has 1 aromatic carbocycles. The SMILES string of the molecule is Cn1nnc(CN)c1-c1ccccc1. The van der Waals surface area contributed by atoms with Crippen molar-refractivity contribution in [1.82, 2.24) is 15.0 Å². The summed E-state index contributed by atoms with van der Waals surface area (Å²) in [6.45, 7) is 0.415. The molecule has 0 radical (unpaired) electrons. The van der Waals surface area contributed by atoms with Gasteiger partial charge in [0.1, 0.15) is 5.69 Å². The maximum Gasteiger partial charge on any atom is 0.104 e. The molecule has 0 saturated carbocycles. The molecule has 0 bridgehead atoms. The minimum absolute atomic E-state index is 0.415. The van der Waals surface area contributed by atoms with E-state index in [9.17, 15) is 0 Å². The zero-order chi connectivity index (χ0) is 9.97. The van der Waals surface area contributed by atoms with E-state index in [1.54, 1.807) is 4.68 Å². The Kier molecular flexibility index (Phi) is 2.28. The first-order valence-electron chi connectivity index (χ1n) is 4.47. The molecule has 4 heteroatoms. The van der Waals surface area contributed by atoms with Crippen LogP contribution in [0.15, 0.2) is 30.3 Å². The van der Waals surface area contributed by atoms with Gasteiger partial charge >= 0.3 is 0 Å². The van der Waals surface area contributed by atoms with E-state index in [1.807, 2.05) is 37.4 Å². The van der Waals surface area contributed by atoms with Gasteiger partial charge in [-0.15, -0.1) is 5.10 Å². The summed E-state index contributed by atoms with van der Waals surface area (Å²) < 4.78 is 1.75. The van der Waals surface area contributed by atoms with Gasteiger partial charge in [0.25, 0.3) is 0 Å². The lowest BCUT2D eigenvalue weighted by atomic mass is 10.1. The van der Waals surface area contributed by atoms with Crippen LogP contribution in [0, 0.1) is 0 Å². The van der Waals surface area contributed by atoms with Crippen molar-refractivity contribution < 1.29 is 0 Å². The number of rotatable bonds is 2. The van der Waals surface area contributed by atoms with Crippen molar-refractivity contribution in [3.8, 4) is 11.3 Å². The van der Waals surface area contributed by atoms with E-state index in [1.165, 1.54) is 0 Å². The third-order valence-electron chi connectivity index (χ3n) is 2.14. The Morgan fingerprint density at radius 1 is 1.29 bits per heavy atom. The van der Waals surface area contributed by atoms with Crippen molar-refractivity contribution in [2.45, 2.75) is 6.54 Å². The van der Waals surface area contributed by atoms with Crippen molar-refractivity contribution in [1.29, 1.82) is 0 Å². The van der Waals surface area contributed by atoms with Gasteiger partial charge in [0, 0.05) is 19.2 Å². The molecule has 0 aliphatic heterocycles. The number of hydrogen-bond acceptors (Lipinski definition) is 3. The van der Waals surface area contributed by atoms with Crippen LogP contribution >= 0.6 is 0 Å². The molecule has 14 heavy (non-hydrogen) atoms. The molecule has 2 aromatic rings. The zero-order valence-electron chi connectivity index (χ0n) is 8.01. The van der Waals surface area contributed by atoms with Gasteiger partial charge in [0.2, 0.25) is 0 Å². The molecule has 0 saturated heterocycles. The van der Waals surface area contributed by atoms with Gasteiger partial charge in [-0.3, -0.25) is 0 Å². The van der Waals surface area contributed by atoms with Gasteiger partial charge in [-0.25, -0.2) is 4.68 Å². The summed E-state index contributed by atoms with van der Waals surface area (Å²) >= 11 is 0. The lowest BCUT2D eigenvalue weighted by Gasteiger charge is -2.02. The highest BCUT2D eigenvalue weighted by molar-refractivity contribution is 5.61. The molecule has 0 amide bonds. The highest BCUT2D eigenvalue weighted by Crippen LogP contribution is 2.20. The summed E-state index contributed by atoms with van der Waals surface area (Å²) in [5, 5.41) is 7.95. The van der Waals surface area contributed by atoms with Crippen molar-refractivity contribution in [3.63, 3.8) is 0 Å². The van der Waals surface area contributed by atoms with Gasteiger partial charge in [-0.2, -0.15) is 0 Å². The number of benzene rings is 1. The first-order chi connectivity index (χ1) is 6.83. The molecule has 0 atom stereocenters. The van der Waals surface area contributed by atoms with Gasteiger partial charge < -0.3 is 5.73 Å². The first-order valence-corrected chi connectivity index (χ1v) is 4.47. The Bertz CT molecular complexity index is 419. The van der Waals surface area contributed by atoms with Crippen LogP contribution in [0.25, 0.3) is 11.3 Å². The Morgan fingerprint density at radius 3 is 2.64 bits per heavy atom. The van der Waals surface area contributed by atoms with Crippen molar-refractivity contribution in [2.75, 3.05) is 0 Å². The Balaban J connectivity index is 2.55. The van der Waals surface area contributed by atoms with Gasteiger partial charge in [0.15, 0.2) is 0 Å². The molecule has 0 aliphatic carbocycles. The molecule has 72 valence electrons. The predicted octanol–water partition coefficient (Wildman–Crippen LogP) is 0.941. The van der Waals surface area contributed by atoms with Crippen LogP contribution in [0.4, 0.5) is 0 Å². The molecular formula is C10H12N4. The third-order valence-corrected chi connectivity index (χ3v) is 2.14. The molecule has 0 unspecified atom stereocenters. The van der Waals surface area contributed by atoms with E-state index in [-0.39, 0.29) is 0 Å². The highest BCUT2D eigenvalue weighted by Gasteiger charge is 2.10. The summed E-state index contributed by atoms with van der Waals surface area (Å²) in [4.78, 5) is 0. The second-order valence-corrected chi connectivity index (χ2v) is 3.08. The van der Waals surface area contributed by atoms with Gasteiger partial charge in [-0.05, 0) is 0 Å². The molecular weight excluding hydrogens is 176 g/mol. The summed E-state index contributed by atoms with van der Waals surface area (Å²) in [5.41, 5.74) is 8.51. The van der Waals surface area contributed by atoms with Gasteiger partial charge in [-0.1, -0.05) is 35.5 Å². The number of aryl methyl sites for hydroxylation is 1. The van der Waals surface area contributed by atoms with Crippen molar-refractivity contribution in [2.24, 2.45) is 12.8 Å². The molecule has 0 aliphatic rings. The molecule has 1 heterocycles. The quantitative estimate of drug-likeness (QED) is 0.763. The van der Waals surface area contributed by atoms with Crippen LogP contribution in [0.3, 0.4) is 0 Å². The normalized spacial score (nSPS) is 10.4. The van der Waals surface area contributed by atoms with Crippen LogP contribution in [0.5, 0.6) is 0 Å². The topological polar surface area (TPSA) is 56.7 Å². The first kappa shape index (κ1) is 8.90. The number of nitrogens with zero attached hydrogens (tertiary/aromatic N) is 3. The minimum Gasteiger partial charge on any atom is -0.325 e. The molecule has 0 spiro atoms. The maximum absolute atomic E-state index is 5.59. The highest BCUT2D eigenvalue weighted by atomic mass is 15.4. The van der Waals surface area contributed by atoms with E-state index in [0.717, 1.165) is 17.0 Å². The standard InChI is InChI=1S/C10H12N4/c1-14-10(9(7-11)12-13-14)8-5-3-2-4-6-8/h2-6H,7,11H2,1H3. The van der Waals surface area contributed by atoms with Crippen LogP contribution in [-0.2, 0) is 13.6 Å². The number of aromatic nitrogens is 3. The summed E-state index contributed by atoms with van der Waals surface area (Å²) in [5.74, 6) is 0. The average Bonchev–Trinajstić information content (AvgIpc) is 2.61. The molecule has 4 nitrogen and oxygen atoms in total. The van der Waals surface area contributed by atoms with Crippen LogP contribution in [-0.4, -0.2) is 15.0 Å². The van der Waals surface area contributed by atoms with E-state index >= 15 is 0 Å².